The van der Waals surface area contributed by atoms with E-state index in [0.717, 1.165) is 29.7 Å². The van der Waals surface area contributed by atoms with Crippen LogP contribution >= 0.6 is 56.9 Å². The van der Waals surface area contributed by atoms with E-state index in [2.05, 4.69) is 62.3 Å². The quantitative estimate of drug-likeness (QED) is 0.295. The predicted octanol–water partition coefficient (Wildman–Crippen LogP) is 6.49. The second-order valence-electron chi connectivity index (χ2n) is 7.86. The van der Waals surface area contributed by atoms with E-state index >= 15 is 0 Å². The fraction of sp³-hybridized carbons (Fsp3) is 0.348. The van der Waals surface area contributed by atoms with Gasteiger partial charge in [-0.15, -0.1) is 0 Å². The van der Waals surface area contributed by atoms with E-state index in [9.17, 15) is 9.90 Å². The third-order valence-corrected chi connectivity index (χ3v) is 8.52. The van der Waals surface area contributed by atoms with E-state index in [0.29, 0.717) is 11.7 Å². The Labute approximate surface area is 209 Å². The number of anilines is 1. The minimum absolute atomic E-state index is 0.102. The molecule has 3 atom stereocenters. The number of amides is 1. The van der Waals surface area contributed by atoms with E-state index in [4.69, 9.17) is 0 Å². The average molecular weight is 646 g/mol. The van der Waals surface area contributed by atoms with Gasteiger partial charge in [-0.25, -0.2) is 0 Å². The van der Waals surface area contributed by atoms with E-state index < -0.39 is 0 Å². The molecule has 0 radical (unpaired) electrons. The summed E-state index contributed by atoms with van der Waals surface area (Å²) >= 11 is 5.85. The van der Waals surface area contributed by atoms with Gasteiger partial charge in [-0.2, -0.15) is 0 Å². The second-order valence-corrected chi connectivity index (χ2v) is 11.3. The Morgan fingerprint density at radius 1 is 1.13 bits per heavy atom. The zero-order valence-electron chi connectivity index (χ0n) is 16.6. The standard InChI is InChI=1S/C23H24I2N2O2S/c1-14-7-5-6-10-19(14)27-22(29)20(13-15-11-17(24)21(28)18(25)12-15)30-23(27)26-16-8-3-2-4-9-16/h2-4,8-9,11-14,19,23,26,28H,5-7,10H2,1H3/b20-13-/t14-,19-,23?/m1/s1. The number of nitrogens with zero attached hydrogens (tertiary/aromatic N) is 1. The van der Waals surface area contributed by atoms with Crippen molar-refractivity contribution in [2.45, 2.75) is 44.1 Å². The number of aromatic hydroxyl groups is 1. The Kier molecular flexibility index (Phi) is 7.19. The number of phenols is 1. The lowest BCUT2D eigenvalue weighted by Crippen LogP contribution is -2.48. The lowest BCUT2D eigenvalue weighted by molar-refractivity contribution is -0.129. The Balaban J connectivity index is 1.67. The molecular formula is C23H24I2N2O2S. The summed E-state index contributed by atoms with van der Waals surface area (Å²) in [5.41, 5.74) is 1.84. The molecule has 158 valence electrons. The Morgan fingerprint density at radius 2 is 1.80 bits per heavy atom. The summed E-state index contributed by atoms with van der Waals surface area (Å²) in [5.74, 6) is 0.897. The van der Waals surface area contributed by atoms with Crippen LogP contribution in [0.25, 0.3) is 6.08 Å². The highest BCUT2D eigenvalue weighted by Gasteiger charge is 2.42. The summed E-state index contributed by atoms with van der Waals surface area (Å²) in [6.45, 7) is 2.27. The molecular weight excluding hydrogens is 622 g/mol. The van der Waals surface area contributed by atoms with Crippen LogP contribution in [0, 0.1) is 13.1 Å². The highest BCUT2D eigenvalue weighted by Crippen LogP contribution is 2.42. The van der Waals surface area contributed by atoms with Crippen LogP contribution in [0.3, 0.4) is 0 Å². The third kappa shape index (κ3) is 4.77. The molecule has 0 aromatic heterocycles. The number of nitrogens with one attached hydrogen (secondary N) is 1. The number of halogens is 2. The molecule has 4 nitrogen and oxygen atoms in total. The Hall–Kier alpha value is -0.940. The van der Waals surface area contributed by atoms with Crippen molar-refractivity contribution in [1.29, 1.82) is 0 Å². The molecule has 1 heterocycles. The molecule has 1 amide bonds. The number of carbonyl (C=O) groups is 1. The van der Waals surface area contributed by atoms with Crippen molar-refractivity contribution in [2.24, 2.45) is 5.92 Å². The molecule has 2 N–H and O–H groups in total. The molecule has 1 unspecified atom stereocenters. The van der Waals surface area contributed by atoms with Crippen molar-refractivity contribution in [3.63, 3.8) is 0 Å². The van der Waals surface area contributed by atoms with Crippen molar-refractivity contribution >= 4 is 74.6 Å². The number of rotatable bonds is 4. The number of phenolic OH excluding ortho intramolecular Hbond substituents is 1. The minimum atomic E-state index is -0.119. The molecule has 2 fully saturated rings. The Bertz CT molecular complexity index is 944. The van der Waals surface area contributed by atoms with Crippen LogP contribution in [0.15, 0.2) is 47.4 Å². The summed E-state index contributed by atoms with van der Waals surface area (Å²) < 4.78 is 1.58. The van der Waals surface area contributed by atoms with Gasteiger partial charge in [0.15, 0.2) is 5.50 Å². The van der Waals surface area contributed by atoms with Gasteiger partial charge in [-0.3, -0.25) is 4.79 Å². The molecule has 1 aliphatic heterocycles. The van der Waals surface area contributed by atoms with Gasteiger partial charge in [0.05, 0.1) is 12.0 Å². The van der Waals surface area contributed by atoms with Gasteiger partial charge in [-0.05, 0) is 99.8 Å². The maximum atomic E-state index is 13.5. The van der Waals surface area contributed by atoms with E-state index in [1.807, 2.05) is 48.5 Å². The van der Waals surface area contributed by atoms with Crippen molar-refractivity contribution in [3.8, 4) is 5.75 Å². The van der Waals surface area contributed by atoms with Gasteiger partial charge in [0, 0.05) is 11.7 Å². The molecule has 1 aliphatic carbocycles. The summed E-state index contributed by atoms with van der Waals surface area (Å²) in [7, 11) is 0. The van der Waals surface area contributed by atoms with Crippen LogP contribution in [0.5, 0.6) is 5.75 Å². The summed E-state index contributed by atoms with van der Waals surface area (Å²) in [4.78, 5) is 16.4. The molecule has 2 aliphatic rings. The van der Waals surface area contributed by atoms with Crippen LogP contribution in [0.2, 0.25) is 0 Å². The normalized spacial score (nSPS) is 25.7. The first-order valence-corrected chi connectivity index (χ1v) is 13.2. The van der Waals surface area contributed by atoms with Gasteiger partial charge in [0.25, 0.3) is 5.91 Å². The van der Waals surface area contributed by atoms with E-state index in [-0.39, 0.29) is 17.4 Å². The zero-order valence-corrected chi connectivity index (χ0v) is 21.8. The predicted molar refractivity (Wildman–Crippen MR) is 141 cm³/mol. The average Bonchev–Trinajstić information content (AvgIpc) is 3.02. The minimum Gasteiger partial charge on any atom is -0.506 e. The second kappa shape index (κ2) is 9.68. The monoisotopic (exact) mass is 646 g/mol. The van der Waals surface area contributed by atoms with Crippen LogP contribution in [-0.4, -0.2) is 27.5 Å². The Morgan fingerprint density at radius 3 is 2.47 bits per heavy atom. The highest BCUT2D eigenvalue weighted by molar-refractivity contribution is 14.1. The van der Waals surface area contributed by atoms with Crippen molar-refractivity contribution in [3.05, 3.63) is 60.1 Å². The van der Waals surface area contributed by atoms with Gasteiger partial charge in [-0.1, -0.05) is 49.7 Å². The SMILES string of the molecule is C[C@@H]1CCCC[C@H]1N1C(=O)/C(=C/c2cc(I)c(O)c(I)c2)SC1Nc1ccccc1. The molecule has 30 heavy (non-hydrogen) atoms. The maximum Gasteiger partial charge on any atom is 0.262 e. The fourth-order valence-corrected chi connectivity index (χ4v) is 7.22. The number of para-hydroxylation sites is 1. The number of hydrogen-bond donors (Lipinski definition) is 2. The lowest BCUT2D eigenvalue weighted by Gasteiger charge is -2.39. The van der Waals surface area contributed by atoms with Crippen LogP contribution in [0.1, 0.15) is 38.2 Å². The number of hydrogen-bond acceptors (Lipinski definition) is 4. The number of thioether (sulfide) groups is 1. The largest absolute Gasteiger partial charge is 0.506 e. The molecule has 7 heteroatoms. The van der Waals surface area contributed by atoms with Gasteiger partial charge in [0.2, 0.25) is 0 Å². The highest BCUT2D eigenvalue weighted by atomic mass is 127. The van der Waals surface area contributed by atoms with E-state index in [1.165, 1.54) is 19.3 Å². The number of carbonyl (C=O) groups excluding carboxylic acids is 1. The summed E-state index contributed by atoms with van der Waals surface area (Å²) in [5, 5.41) is 13.6. The van der Waals surface area contributed by atoms with Crippen molar-refractivity contribution < 1.29 is 9.90 Å². The summed E-state index contributed by atoms with van der Waals surface area (Å²) in [6.07, 6.45) is 6.61. The van der Waals surface area contributed by atoms with Crippen LogP contribution in [-0.2, 0) is 4.79 Å². The van der Waals surface area contributed by atoms with E-state index in [1.54, 1.807) is 11.8 Å². The van der Waals surface area contributed by atoms with Crippen molar-refractivity contribution in [2.75, 3.05) is 5.32 Å². The smallest absolute Gasteiger partial charge is 0.262 e. The molecule has 1 saturated carbocycles. The maximum absolute atomic E-state index is 13.5. The number of benzene rings is 2. The molecule has 0 bridgehead atoms. The van der Waals surface area contributed by atoms with Crippen molar-refractivity contribution in [1.82, 2.24) is 4.90 Å². The molecule has 0 spiro atoms. The molecule has 2 aromatic carbocycles. The van der Waals surface area contributed by atoms with Gasteiger partial charge in [0.1, 0.15) is 5.75 Å². The molecule has 1 saturated heterocycles. The fourth-order valence-electron chi connectivity index (χ4n) is 4.19. The molecule has 4 rings (SSSR count). The van der Waals surface area contributed by atoms with Gasteiger partial charge >= 0.3 is 0 Å². The topological polar surface area (TPSA) is 52.6 Å². The summed E-state index contributed by atoms with van der Waals surface area (Å²) in [6, 6.07) is 14.2. The molecule has 2 aromatic rings. The zero-order chi connectivity index (χ0) is 21.3. The lowest BCUT2D eigenvalue weighted by atomic mass is 9.85. The first-order chi connectivity index (χ1) is 14.4. The third-order valence-electron chi connectivity index (χ3n) is 5.76. The van der Waals surface area contributed by atoms with Crippen LogP contribution < -0.4 is 5.32 Å². The van der Waals surface area contributed by atoms with Crippen LogP contribution in [0.4, 0.5) is 5.69 Å². The first kappa shape index (κ1) is 22.3. The van der Waals surface area contributed by atoms with Gasteiger partial charge < -0.3 is 15.3 Å². The first-order valence-electron chi connectivity index (χ1n) is 10.1.